The number of nitrogens with zero attached hydrogens (tertiary/aromatic N) is 3. The summed E-state index contributed by atoms with van der Waals surface area (Å²) in [6.07, 6.45) is 3.91. The van der Waals surface area contributed by atoms with E-state index in [-0.39, 0.29) is 0 Å². The van der Waals surface area contributed by atoms with Crippen molar-refractivity contribution in [1.82, 2.24) is 20.1 Å². The van der Waals surface area contributed by atoms with Crippen molar-refractivity contribution < 1.29 is 4.74 Å². The predicted molar refractivity (Wildman–Crippen MR) is 88.1 cm³/mol. The van der Waals surface area contributed by atoms with Crippen LogP contribution in [0.25, 0.3) is 0 Å². The van der Waals surface area contributed by atoms with Crippen LogP contribution in [0.2, 0.25) is 0 Å². The van der Waals surface area contributed by atoms with Crippen LogP contribution in [0, 0.1) is 6.92 Å². The molecule has 0 bridgehead atoms. The maximum Gasteiger partial charge on any atom is 0.155 e. The van der Waals surface area contributed by atoms with Gasteiger partial charge in [0.15, 0.2) is 5.82 Å². The van der Waals surface area contributed by atoms with E-state index in [4.69, 9.17) is 4.74 Å². The zero-order chi connectivity index (χ0) is 15.6. The summed E-state index contributed by atoms with van der Waals surface area (Å²) in [5.41, 5.74) is 1.26. The first kappa shape index (κ1) is 14.8. The monoisotopic (exact) mass is 312 g/mol. The molecule has 0 amide bonds. The van der Waals surface area contributed by atoms with Crippen LogP contribution in [0.5, 0.6) is 0 Å². The Hall–Kier alpha value is -1.72. The van der Waals surface area contributed by atoms with E-state index in [0.29, 0.717) is 18.1 Å². The Morgan fingerprint density at radius 2 is 2.09 bits per heavy atom. The number of benzene rings is 1. The lowest BCUT2D eigenvalue weighted by Crippen LogP contribution is -2.47. The molecule has 1 aromatic carbocycles. The van der Waals surface area contributed by atoms with E-state index >= 15 is 0 Å². The minimum Gasteiger partial charge on any atom is -0.373 e. The fraction of sp³-hybridized carbons (Fsp3) is 0.556. The molecule has 5 heteroatoms. The Kier molecular flexibility index (Phi) is 4.14. The third-order valence-electron chi connectivity index (χ3n) is 5.11. The van der Waals surface area contributed by atoms with Gasteiger partial charge < -0.3 is 4.74 Å². The highest BCUT2D eigenvalue weighted by molar-refractivity contribution is 5.13. The first-order valence-electron chi connectivity index (χ1n) is 8.56. The molecule has 0 radical (unpaired) electrons. The second-order valence-electron chi connectivity index (χ2n) is 6.80. The van der Waals surface area contributed by atoms with Gasteiger partial charge in [-0.05, 0) is 38.3 Å². The van der Waals surface area contributed by atoms with Crippen molar-refractivity contribution in [2.24, 2.45) is 0 Å². The highest BCUT2D eigenvalue weighted by Gasteiger charge is 2.38. The van der Waals surface area contributed by atoms with Crippen LogP contribution in [0.3, 0.4) is 0 Å². The fourth-order valence-electron chi connectivity index (χ4n) is 3.63. The predicted octanol–water partition coefficient (Wildman–Crippen LogP) is 2.65. The Morgan fingerprint density at radius 3 is 2.83 bits per heavy atom. The molecule has 5 nitrogen and oxygen atoms in total. The topological polar surface area (TPSA) is 54.0 Å². The number of H-pyrrole nitrogens is 1. The maximum atomic E-state index is 6.01. The average molecular weight is 312 g/mol. The molecular formula is C18H24N4O. The maximum absolute atomic E-state index is 6.01. The number of nitrogens with one attached hydrogen (secondary N) is 1. The van der Waals surface area contributed by atoms with Gasteiger partial charge in [-0.1, -0.05) is 30.3 Å². The van der Waals surface area contributed by atoms with Crippen molar-refractivity contribution in [3.8, 4) is 0 Å². The lowest BCUT2D eigenvalue weighted by atomic mass is 9.88. The number of ether oxygens (including phenoxy) is 1. The zero-order valence-electron chi connectivity index (χ0n) is 13.6. The van der Waals surface area contributed by atoms with Gasteiger partial charge in [0.05, 0.1) is 12.7 Å². The molecular weight excluding hydrogens is 288 g/mol. The smallest absolute Gasteiger partial charge is 0.155 e. The summed E-state index contributed by atoms with van der Waals surface area (Å²) in [7, 11) is 0. The molecule has 122 valence electrons. The third kappa shape index (κ3) is 3.31. The van der Waals surface area contributed by atoms with E-state index in [9.17, 15) is 0 Å². The van der Waals surface area contributed by atoms with Gasteiger partial charge in [-0.15, -0.1) is 0 Å². The van der Waals surface area contributed by atoms with Gasteiger partial charge >= 0.3 is 0 Å². The van der Waals surface area contributed by atoms with Gasteiger partial charge in [-0.3, -0.25) is 10.00 Å². The molecule has 2 fully saturated rings. The largest absolute Gasteiger partial charge is 0.373 e. The molecule has 1 N–H and O–H groups in total. The minimum absolute atomic E-state index is 0.421. The summed E-state index contributed by atoms with van der Waals surface area (Å²) in [4.78, 5) is 7.09. The normalized spacial score (nSPS) is 28.0. The van der Waals surface area contributed by atoms with Crippen LogP contribution in [0.15, 0.2) is 30.3 Å². The van der Waals surface area contributed by atoms with Crippen molar-refractivity contribution in [2.75, 3.05) is 13.1 Å². The molecule has 1 aliphatic heterocycles. The van der Waals surface area contributed by atoms with Crippen LogP contribution in [0.1, 0.15) is 42.4 Å². The number of hydrogen-bond donors (Lipinski definition) is 1. The van der Waals surface area contributed by atoms with Crippen LogP contribution in [-0.4, -0.2) is 45.3 Å². The van der Waals surface area contributed by atoms with E-state index in [0.717, 1.165) is 44.2 Å². The molecule has 1 saturated heterocycles. The third-order valence-corrected chi connectivity index (χ3v) is 5.11. The summed E-state index contributed by atoms with van der Waals surface area (Å²) in [5.74, 6) is 2.39. The molecule has 2 aromatic rings. The fourth-order valence-corrected chi connectivity index (χ4v) is 3.63. The van der Waals surface area contributed by atoms with Gasteiger partial charge in [0.25, 0.3) is 0 Å². The molecule has 1 saturated carbocycles. The molecule has 1 aliphatic carbocycles. The number of rotatable bonds is 5. The van der Waals surface area contributed by atoms with Crippen molar-refractivity contribution >= 4 is 0 Å². The summed E-state index contributed by atoms with van der Waals surface area (Å²) < 4.78 is 6.01. The van der Waals surface area contributed by atoms with Gasteiger partial charge in [0.2, 0.25) is 0 Å². The molecule has 23 heavy (non-hydrogen) atoms. The van der Waals surface area contributed by atoms with Crippen molar-refractivity contribution in [3.63, 3.8) is 0 Å². The molecule has 4 rings (SSSR count). The van der Waals surface area contributed by atoms with Gasteiger partial charge in [-0.2, -0.15) is 5.10 Å². The zero-order valence-corrected chi connectivity index (χ0v) is 13.6. The van der Waals surface area contributed by atoms with E-state index in [1.807, 2.05) is 13.0 Å². The van der Waals surface area contributed by atoms with Gasteiger partial charge in [-0.25, -0.2) is 4.98 Å². The SMILES string of the molecule is Cc1nc(C2CCN(C3CC(OCc4ccccc4)C3)C2)n[nH]1. The van der Waals surface area contributed by atoms with Gasteiger partial charge in [0.1, 0.15) is 5.82 Å². The summed E-state index contributed by atoms with van der Waals surface area (Å²) in [5, 5.41) is 7.28. The second-order valence-corrected chi connectivity index (χ2v) is 6.80. The molecule has 2 aliphatic rings. The van der Waals surface area contributed by atoms with Crippen LogP contribution >= 0.6 is 0 Å². The summed E-state index contributed by atoms with van der Waals surface area (Å²) in [6, 6.07) is 11.1. The molecule has 1 aromatic heterocycles. The van der Waals surface area contributed by atoms with Crippen molar-refractivity contribution in [1.29, 1.82) is 0 Å². The Balaban J connectivity index is 1.22. The molecule has 1 atom stereocenters. The first-order valence-corrected chi connectivity index (χ1v) is 8.56. The summed E-state index contributed by atoms with van der Waals surface area (Å²) in [6.45, 7) is 4.95. The highest BCUT2D eigenvalue weighted by Crippen LogP contribution is 2.34. The standard InChI is InChI=1S/C18H24N4O/c1-13-19-18(21-20-13)15-7-8-22(11-15)16-9-17(10-16)23-12-14-5-3-2-4-6-14/h2-6,15-17H,7-12H2,1H3,(H,19,20,21). The number of aromatic amines is 1. The van der Waals surface area contributed by atoms with Crippen molar-refractivity contribution in [2.45, 2.75) is 50.9 Å². The average Bonchev–Trinajstić information content (AvgIpc) is 3.16. The Bertz CT molecular complexity index is 635. The second kappa shape index (κ2) is 6.42. The summed E-state index contributed by atoms with van der Waals surface area (Å²) >= 11 is 0. The van der Waals surface area contributed by atoms with Crippen LogP contribution in [-0.2, 0) is 11.3 Å². The quantitative estimate of drug-likeness (QED) is 0.922. The van der Waals surface area contributed by atoms with E-state index in [1.165, 1.54) is 12.0 Å². The van der Waals surface area contributed by atoms with Crippen LogP contribution < -0.4 is 0 Å². The lowest BCUT2D eigenvalue weighted by molar-refractivity contribution is -0.0543. The van der Waals surface area contributed by atoms with E-state index in [1.54, 1.807) is 0 Å². The minimum atomic E-state index is 0.421. The number of hydrogen-bond acceptors (Lipinski definition) is 4. The highest BCUT2D eigenvalue weighted by atomic mass is 16.5. The van der Waals surface area contributed by atoms with E-state index < -0.39 is 0 Å². The first-order chi connectivity index (χ1) is 11.3. The van der Waals surface area contributed by atoms with E-state index in [2.05, 4.69) is 44.3 Å². The lowest BCUT2D eigenvalue weighted by Gasteiger charge is -2.41. The van der Waals surface area contributed by atoms with Crippen LogP contribution in [0.4, 0.5) is 0 Å². The molecule has 0 spiro atoms. The number of aryl methyl sites for hydroxylation is 1. The Morgan fingerprint density at radius 1 is 1.26 bits per heavy atom. The number of aromatic nitrogens is 3. The number of likely N-dealkylation sites (tertiary alicyclic amines) is 1. The Labute approximate surface area is 137 Å². The van der Waals surface area contributed by atoms with Crippen molar-refractivity contribution in [3.05, 3.63) is 47.5 Å². The van der Waals surface area contributed by atoms with Gasteiger partial charge in [0, 0.05) is 18.5 Å². The molecule has 2 heterocycles. The molecule has 1 unspecified atom stereocenters.